The third kappa shape index (κ3) is 5.08. The molecule has 0 unspecified atom stereocenters. The van der Waals surface area contributed by atoms with Gasteiger partial charge >= 0.3 is 0 Å². The molecule has 1 aliphatic rings. The van der Waals surface area contributed by atoms with E-state index in [1.54, 1.807) is 25.3 Å². The SMILES string of the molecule is C/C=C\N=C(C)NC(=O)c1cc(Cl)c(NC(=O)C2CCCC2)cc1OC. The lowest BCUT2D eigenvalue weighted by Gasteiger charge is -2.15. The molecule has 140 valence electrons. The molecule has 0 spiro atoms. The molecule has 0 saturated heterocycles. The number of nitrogens with zero attached hydrogens (tertiary/aromatic N) is 1. The summed E-state index contributed by atoms with van der Waals surface area (Å²) in [7, 11) is 1.46. The number of hydrogen-bond donors (Lipinski definition) is 2. The van der Waals surface area contributed by atoms with Crippen LogP contribution in [0.5, 0.6) is 5.75 Å². The molecule has 1 saturated carbocycles. The Morgan fingerprint density at radius 1 is 1.31 bits per heavy atom. The van der Waals surface area contributed by atoms with Gasteiger partial charge in [0.15, 0.2) is 0 Å². The van der Waals surface area contributed by atoms with Crippen LogP contribution >= 0.6 is 11.6 Å². The summed E-state index contributed by atoms with van der Waals surface area (Å²) in [6, 6.07) is 3.06. The van der Waals surface area contributed by atoms with Crippen LogP contribution in [0.1, 0.15) is 49.9 Å². The van der Waals surface area contributed by atoms with E-state index in [9.17, 15) is 9.59 Å². The van der Waals surface area contributed by atoms with Gasteiger partial charge in [-0.2, -0.15) is 0 Å². The summed E-state index contributed by atoms with van der Waals surface area (Å²) >= 11 is 6.28. The fourth-order valence-corrected chi connectivity index (χ4v) is 3.08. The molecule has 2 N–H and O–H groups in total. The molecule has 2 rings (SSSR count). The molecule has 1 fully saturated rings. The predicted molar refractivity (Wildman–Crippen MR) is 104 cm³/mol. The number of methoxy groups -OCH3 is 1. The van der Waals surface area contributed by atoms with Gasteiger partial charge < -0.3 is 15.4 Å². The van der Waals surface area contributed by atoms with E-state index in [2.05, 4.69) is 15.6 Å². The third-order valence-corrected chi connectivity index (χ3v) is 4.54. The van der Waals surface area contributed by atoms with Crippen LogP contribution in [-0.4, -0.2) is 24.8 Å². The van der Waals surface area contributed by atoms with Crippen LogP contribution in [0.15, 0.2) is 29.4 Å². The molecule has 7 heteroatoms. The van der Waals surface area contributed by atoms with Crippen LogP contribution < -0.4 is 15.4 Å². The highest BCUT2D eigenvalue weighted by atomic mass is 35.5. The van der Waals surface area contributed by atoms with Crippen LogP contribution in [-0.2, 0) is 4.79 Å². The van der Waals surface area contributed by atoms with Crippen molar-refractivity contribution in [2.24, 2.45) is 10.9 Å². The summed E-state index contributed by atoms with van der Waals surface area (Å²) in [6.45, 7) is 3.52. The standard InChI is InChI=1S/C19H24ClN3O3/c1-4-9-21-12(2)22-19(25)14-10-15(20)16(11-17(14)26-3)23-18(24)13-7-5-6-8-13/h4,9-11,13H,5-8H2,1-3H3,(H,23,24)(H,21,22,25)/b9-4-. The maximum absolute atomic E-state index is 12.5. The Morgan fingerprint density at radius 3 is 2.62 bits per heavy atom. The fourth-order valence-electron chi connectivity index (χ4n) is 2.87. The first-order valence-electron chi connectivity index (χ1n) is 8.61. The number of carbonyl (C=O) groups excluding carboxylic acids is 2. The van der Waals surface area contributed by atoms with Crippen molar-refractivity contribution in [3.8, 4) is 5.75 Å². The maximum Gasteiger partial charge on any atom is 0.260 e. The Balaban J connectivity index is 2.20. The van der Waals surface area contributed by atoms with E-state index in [0.29, 0.717) is 17.3 Å². The summed E-state index contributed by atoms with van der Waals surface area (Å²) in [5, 5.41) is 5.80. The van der Waals surface area contributed by atoms with E-state index in [-0.39, 0.29) is 28.3 Å². The molecule has 0 bridgehead atoms. The summed E-state index contributed by atoms with van der Waals surface area (Å²) in [6.07, 6.45) is 7.28. The lowest BCUT2D eigenvalue weighted by molar-refractivity contribution is -0.119. The van der Waals surface area contributed by atoms with Crippen molar-refractivity contribution in [3.05, 3.63) is 35.0 Å². The van der Waals surface area contributed by atoms with Crippen molar-refractivity contribution in [1.82, 2.24) is 5.32 Å². The van der Waals surface area contributed by atoms with Crippen molar-refractivity contribution in [3.63, 3.8) is 0 Å². The number of carbonyl (C=O) groups is 2. The van der Waals surface area contributed by atoms with Crippen LogP contribution in [0, 0.1) is 5.92 Å². The number of anilines is 1. The summed E-state index contributed by atoms with van der Waals surface area (Å²) in [5.74, 6) is 0.365. The molecule has 1 aliphatic carbocycles. The van der Waals surface area contributed by atoms with E-state index in [1.165, 1.54) is 13.2 Å². The normalized spacial score (nSPS) is 15.3. The number of halogens is 1. The quantitative estimate of drug-likeness (QED) is 0.597. The third-order valence-electron chi connectivity index (χ3n) is 4.23. The van der Waals surface area contributed by atoms with Gasteiger partial charge in [0.2, 0.25) is 5.91 Å². The first-order valence-corrected chi connectivity index (χ1v) is 8.99. The number of allylic oxidation sites excluding steroid dienone is 1. The Bertz CT molecular complexity index is 738. The van der Waals surface area contributed by atoms with Crippen LogP contribution in [0.2, 0.25) is 5.02 Å². The second kappa shape index (κ2) is 9.38. The van der Waals surface area contributed by atoms with Gasteiger partial charge in [-0.1, -0.05) is 30.5 Å². The predicted octanol–water partition coefficient (Wildman–Crippen LogP) is 4.16. The fraction of sp³-hybridized carbons (Fsp3) is 0.421. The van der Waals surface area contributed by atoms with Gasteiger partial charge in [0.05, 0.1) is 23.4 Å². The second-order valence-electron chi connectivity index (χ2n) is 6.15. The number of hydrogen-bond acceptors (Lipinski definition) is 4. The Labute approximate surface area is 158 Å². The molecule has 2 amide bonds. The minimum absolute atomic E-state index is 0.0190. The largest absolute Gasteiger partial charge is 0.496 e. The molecule has 6 nitrogen and oxygen atoms in total. The van der Waals surface area contributed by atoms with Gasteiger partial charge in [0.1, 0.15) is 11.6 Å². The zero-order valence-electron chi connectivity index (χ0n) is 15.3. The number of amides is 2. The topological polar surface area (TPSA) is 79.8 Å². The lowest BCUT2D eigenvalue weighted by atomic mass is 10.1. The minimum atomic E-state index is -0.386. The van der Waals surface area contributed by atoms with Gasteiger partial charge in [-0.25, -0.2) is 4.99 Å². The average Bonchev–Trinajstić information content (AvgIpc) is 3.16. The van der Waals surface area contributed by atoms with Crippen molar-refractivity contribution in [1.29, 1.82) is 0 Å². The number of rotatable bonds is 5. The van der Waals surface area contributed by atoms with Crippen molar-refractivity contribution < 1.29 is 14.3 Å². The summed E-state index contributed by atoms with van der Waals surface area (Å²) < 4.78 is 5.31. The van der Waals surface area contributed by atoms with Crippen LogP contribution in [0.25, 0.3) is 0 Å². The van der Waals surface area contributed by atoms with Gasteiger partial charge in [-0.3, -0.25) is 9.59 Å². The van der Waals surface area contributed by atoms with Crippen molar-refractivity contribution >= 4 is 34.9 Å². The van der Waals surface area contributed by atoms with Crippen molar-refractivity contribution in [2.75, 3.05) is 12.4 Å². The highest BCUT2D eigenvalue weighted by Gasteiger charge is 2.24. The molecule has 0 radical (unpaired) electrons. The van der Waals surface area contributed by atoms with E-state index in [0.717, 1.165) is 25.7 Å². The maximum atomic E-state index is 12.5. The van der Waals surface area contributed by atoms with Gasteiger partial charge in [-0.15, -0.1) is 0 Å². The first kappa shape index (κ1) is 20.0. The van der Waals surface area contributed by atoms with Crippen molar-refractivity contribution in [2.45, 2.75) is 39.5 Å². The summed E-state index contributed by atoms with van der Waals surface area (Å²) in [5.41, 5.74) is 0.711. The Morgan fingerprint density at radius 2 is 2.00 bits per heavy atom. The number of ether oxygens (including phenoxy) is 1. The highest BCUT2D eigenvalue weighted by molar-refractivity contribution is 6.34. The van der Waals surface area contributed by atoms with E-state index < -0.39 is 0 Å². The Hall–Kier alpha value is -2.34. The number of amidine groups is 1. The molecule has 0 aliphatic heterocycles. The Kier molecular flexibility index (Phi) is 7.21. The molecular weight excluding hydrogens is 354 g/mol. The van der Waals surface area contributed by atoms with Crippen LogP contribution in [0.3, 0.4) is 0 Å². The monoisotopic (exact) mass is 377 g/mol. The zero-order valence-corrected chi connectivity index (χ0v) is 16.0. The average molecular weight is 378 g/mol. The van der Waals surface area contributed by atoms with E-state index >= 15 is 0 Å². The summed E-state index contributed by atoms with van der Waals surface area (Å²) in [4.78, 5) is 28.8. The molecule has 1 aromatic rings. The number of nitrogens with one attached hydrogen (secondary N) is 2. The van der Waals surface area contributed by atoms with Gasteiger partial charge in [0.25, 0.3) is 5.91 Å². The van der Waals surface area contributed by atoms with Gasteiger partial charge in [-0.05, 0) is 32.8 Å². The van der Waals surface area contributed by atoms with Gasteiger partial charge in [0, 0.05) is 18.2 Å². The molecule has 1 aromatic carbocycles. The molecule has 26 heavy (non-hydrogen) atoms. The second-order valence-corrected chi connectivity index (χ2v) is 6.56. The van der Waals surface area contributed by atoms with E-state index in [4.69, 9.17) is 16.3 Å². The molecular formula is C19H24ClN3O3. The lowest BCUT2D eigenvalue weighted by Crippen LogP contribution is -2.28. The molecule has 0 aromatic heterocycles. The first-order chi connectivity index (χ1) is 12.5. The molecule has 0 heterocycles. The highest BCUT2D eigenvalue weighted by Crippen LogP contribution is 2.33. The minimum Gasteiger partial charge on any atom is -0.496 e. The smallest absolute Gasteiger partial charge is 0.260 e. The van der Waals surface area contributed by atoms with E-state index in [1.807, 2.05) is 6.92 Å². The zero-order chi connectivity index (χ0) is 19.1. The molecule has 0 atom stereocenters. The van der Waals surface area contributed by atoms with Crippen LogP contribution in [0.4, 0.5) is 5.69 Å². The number of benzene rings is 1. The number of aliphatic imine (C=N–C) groups is 1.